The number of ketones is 1. The predicted octanol–water partition coefficient (Wildman–Crippen LogP) is 3.60. The zero-order valence-corrected chi connectivity index (χ0v) is 9.80. The first-order valence-corrected chi connectivity index (χ1v) is 5.78. The third-order valence-electron chi connectivity index (χ3n) is 2.81. The van der Waals surface area contributed by atoms with Gasteiger partial charge in [-0.1, -0.05) is 28.9 Å². The van der Waals surface area contributed by atoms with Gasteiger partial charge in [-0.3, -0.25) is 4.79 Å². The molecule has 0 aromatic heterocycles. The van der Waals surface area contributed by atoms with E-state index in [2.05, 4.69) is 28.9 Å². The van der Waals surface area contributed by atoms with Crippen LogP contribution in [-0.4, -0.2) is 5.78 Å². The van der Waals surface area contributed by atoms with Crippen molar-refractivity contribution in [3.8, 4) is 0 Å². The van der Waals surface area contributed by atoms with E-state index < -0.39 is 0 Å². The maximum absolute atomic E-state index is 11.8. The summed E-state index contributed by atoms with van der Waals surface area (Å²) in [5.74, 6) is 0.819. The summed E-state index contributed by atoms with van der Waals surface area (Å²) in [6.45, 7) is 2.15. The van der Waals surface area contributed by atoms with Crippen LogP contribution in [0.4, 0.5) is 0 Å². The summed E-state index contributed by atoms with van der Waals surface area (Å²) >= 11 is 3.41. The van der Waals surface area contributed by atoms with Gasteiger partial charge in [0.05, 0.1) is 0 Å². The molecule has 0 saturated carbocycles. The van der Waals surface area contributed by atoms with E-state index in [-0.39, 0.29) is 0 Å². The summed E-state index contributed by atoms with van der Waals surface area (Å²) in [6, 6.07) is 6.03. The summed E-state index contributed by atoms with van der Waals surface area (Å²) in [5.41, 5.74) is 2.13. The number of benzene rings is 1. The van der Waals surface area contributed by atoms with Gasteiger partial charge in [0, 0.05) is 16.5 Å². The van der Waals surface area contributed by atoms with Crippen LogP contribution in [0.2, 0.25) is 0 Å². The van der Waals surface area contributed by atoms with Gasteiger partial charge in [0.25, 0.3) is 0 Å². The molecule has 0 fully saturated rings. The van der Waals surface area contributed by atoms with Crippen molar-refractivity contribution in [1.29, 1.82) is 0 Å². The van der Waals surface area contributed by atoms with E-state index in [0.717, 1.165) is 22.9 Å². The van der Waals surface area contributed by atoms with Gasteiger partial charge in [0.15, 0.2) is 5.78 Å². The van der Waals surface area contributed by atoms with Gasteiger partial charge in [-0.25, -0.2) is 0 Å². The Morgan fingerprint density at radius 2 is 2.21 bits per heavy atom. The van der Waals surface area contributed by atoms with Gasteiger partial charge >= 0.3 is 0 Å². The van der Waals surface area contributed by atoms with Gasteiger partial charge in [-0.2, -0.15) is 0 Å². The average Bonchev–Trinajstić information content (AvgIpc) is 2.27. The number of rotatable bonds is 0. The fourth-order valence-electron chi connectivity index (χ4n) is 1.96. The topological polar surface area (TPSA) is 17.1 Å². The molecular formula is C12H13BrO. The second kappa shape index (κ2) is 3.85. The van der Waals surface area contributed by atoms with Crippen molar-refractivity contribution < 1.29 is 4.79 Å². The van der Waals surface area contributed by atoms with Crippen LogP contribution < -0.4 is 0 Å². The molecule has 1 aliphatic rings. The van der Waals surface area contributed by atoms with Crippen LogP contribution in [0.1, 0.15) is 35.7 Å². The Morgan fingerprint density at radius 3 is 3.00 bits per heavy atom. The molecule has 1 atom stereocenters. The Hall–Kier alpha value is -0.630. The fraction of sp³-hybridized carbons (Fsp3) is 0.417. The van der Waals surface area contributed by atoms with Crippen molar-refractivity contribution in [1.82, 2.24) is 0 Å². The summed E-state index contributed by atoms with van der Waals surface area (Å²) in [6.07, 6.45) is 2.86. The monoisotopic (exact) mass is 252 g/mol. The van der Waals surface area contributed by atoms with Crippen LogP contribution in [-0.2, 0) is 6.42 Å². The minimum atomic E-state index is 0.298. The minimum Gasteiger partial charge on any atom is -0.294 e. The van der Waals surface area contributed by atoms with Crippen LogP contribution >= 0.6 is 15.9 Å². The first-order valence-electron chi connectivity index (χ1n) is 4.98. The Bertz CT molecular complexity index is 371. The highest BCUT2D eigenvalue weighted by atomic mass is 79.9. The first kappa shape index (κ1) is 9.91. The van der Waals surface area contributed by atoms with Gasteiger partial charge in [-0.05, 0) is 36.5 Å². The van der Waals surface area contributed by atoms with E-state index in [1.807, 2.05) is 12.1 Å². The van der Waals surface area contributed by atoms with E-state index in [4.69, 9.17) is 0 Å². The molecule has 0 radical (unpaired) electrons. The van der Waals surface area contributed by atoms with Crippen molar-refractivity contribution >= 4 is 21.7 Å². The largest absolute Gasteiger partial charge is 0.294 e. The summed E-state index contributed by atoms with van der Waals surface area (Å²) in [7, 11) is 0. The van der Waals surface area contributed by atoms with Crippen LogP contribution in [0.3, 0.4) is 0 Å². The Balaban J connectivity index is 2.44. The molecule has 0 saturated heterocycles. The second-order valence-electron chi connectivity index (χ2n) is 4.07. The van der Waals surface area contributed by atoms with E-state index in [0.29, 0.717) is 18.1 Å². The summed E-state index contributed by atoms with van der Waals surface area (Å²) in [4.78, 5) is 11.8. The second-order valence-corrected chi connectivity index (χ2v) is 4.99. The van der Waals surface area contributed by atoms with Crippen LogP contribution in [0.25, 0.3) is 0 Å². The lowest BCUT2D eigenvalue weighted by Gasteiger charge is -2.03. The first-order chi connectivity index (χ1) is 6.66. The van der Waals surface area contributed by atoms with Crippen molar-refractivity contribution in [2.45, 2.75) is 26.2 Å². The molecule has 0 spiro atoms. The normalized spacial score (nSPS) is 21.6. The third kappa shape index (κ3) is 1.90. The van der Waals surface area contributed by atoms with Gasteiger partial charge < -0.3 is 0 Å². The molecule has 0 amide bonds. The molecule has 74 valence electrons. The Morgan fingerprint density at radius 1 is 1.43 bits per heavy atom. The standard InChI is InChI=1S/C12H13BrO/c1-8-2-3-9-4-5-10(13)7-11(9)12(14)6-8/h4-5,7-8H,2-3,6H2,1H3/t8-/m1/s1. The molecule has 0 N–H and O–H groups in total. The van der Waals surface area contributed by atoms with E-state index in [1.165, 1.54) is 5.56 Å². The third-order valence-corrected chi connectivity index (χ3v) is 3.31. The molecule has 1 aromatic carbocycles. The Kier molecular flexibility index (Phi) is 2.73. The SMILES string of the molecule is C[C@@H]1CCc2ccc(Br)cc2C(=O)C1. The molecule has 14 heavy (non-hydrogen) atoms. The molecule has 0 bridgehead atoms. The fourth-order valence-corrected chi connectivity index (χ4v) is 2.32. The van der Waals surface area contributed by atoms with Crippen LogP contribution in [0, 0.1) is 5.92 Å². The number of hydrogen-bond donors (Lipinski definition) is 0. The highest BCUT2D eigenvalue weighted by Crippen LogP contribution is 2.26. The highest BCUT2D eigenvalue weighted by molar-refractivity contribution is 9.10. The van der Waals surface area contributed by atoms with Gasteiger partial charge in [-0.15, -0.1) is 0 Å². The molecule has 0 heterocycles. The maximum Gasteiger partial charge on any atom is 0.163 e. The van der Waals surface area contributed by atoms with Crippen molar-refractivity contribution in [2.75, 3.05) is 0 Å². The molecular weight excluding hydrogens is 240 g/mol. The van der Waals surface area contributed by atoms with Crippen molar-refractivity contribution in [2.24, 2.45) is 5.92 Å². The number of halogens is 1. The van der Waals surface area contributed by atoms with Crippen molar-refractivity contribution in [3.05, 3.63) is 33.8 Å². The molecule has 2 heteroatoms. The van der Waals surface area contributed by atoms with Crippen molar-refractivity contribution in [3.63, 3.8) is 0 Å². The zero-order valence-electron chi connectivity index (χ0n) is 8.22. The summed E-state index contributed by atoms with van der Waals surface area (Å²) < 4.78 is 0.999. The lowest BCUT2D eigenvalue weighted by atomic mass is 10.0. The number of aryl methyl sites for hydroxylation is 1. The molecule has 1 aliphatic carbocycles. The minimum absolute atomic E-state index is 0.298. The van der Waals surface area contributed by atoms with E-state index in [1.54, 1.807) is 0 Å². The summed E-state index contributed by atoms with van der Waals surface area (Å²) in [5, 5.41) is 0. The lowest BCUT2D eigenvalue weighted by Crippen LogP contribution is -2.03. The maximum atomic E-state index is 11.8. The van der Waals surface area contributed by atoms with E-state index >= 15 is 0 Å². The molecule has 0 unspecified atom stereocenters. The van der Waals surface area contributed by atoms with E-state index in [9.17, 15) is 4.79 Å². The molecule has 1 nitrogen and oxygen atoms in total. The van der Waals surface area contributed by atoms with Crippen LogP contribution in [0.15, 0.2) is 22.7 Å². The number of carbonyl (C=O) groups excluding carboxylic acids is 1. The number of fused-ring (bicyclic) bond motifs is 1. The lowest BCUT2D eigenvalue weighted by molar-refractivity contribution is 0.0967. The zero-order chi connectivity index (χ0) is 10.1. The Labute approximate surface area is 92.6 Å². The smallest absolute Gasteiger partial charge is 0.163 e. The predicted molar refractivity (Wildman–Crippen MR) is 60.6 cm³/mol. The van der Waals surface area contributed by atoms with Crippen LogP contribution in [0.5, 0.6) is 0 Å². The highest BCUT2D eigenvalue weighted by Gasteiger charge is 2.19. The molecule has 0 aliphatic heterocycles. The molecule has 1 aromatic rings. The quantitative estimate of drug-likeness (QED) is 0.645. The number of hydrogen-bond acceptors (Lipinski definition) is 1. The number of carbonyl (C=O) groups is 1. The average molecular weight is 253 g/mol. The van der Waals surface area contributed by atoms with Gasteiger partial charge in [0.2, 0.25) is 0 Å². The molecule has 2 rings (SSSR count). The number of Topliss-reactive ketones (excluding diaryl/α,β-unsaturated/α-hetero) is 1. The van der Waals surface area contributed by atoms with Gasteiger partial charge in [0.1, 0.15) is 0 Å².